The number of carbonyl (C=O) groups is 1. The zero-order valence-electron chi connectivity index (χ0n) is 18.0. The molecule has 0 unspecified atom stereocenters. The SMILES string of the molecule is O=C(NC[C@H]1CC[C@@H]2[C@@H](CN2Cc2ccc(Oc3ccccc3)cc2)O1)C1CCCC1. The molecule has 3 aliphatic rings. The van der Waals surface area contributed by atoms with E-state index >= 15 is 0 Å². The molecule has 2 heterocycles. The van der Waals surface area contributed by atoms with E-state index in [9.17, 15) is 4.79 Å². The normalized spacial score (nSPS) is 26.1. The summed E-state index contributed by atoms with van der Waals surface area (Å²) in [6.45, 7) is 2.58. The maximum Gasteiger partial charge on any atom is 0.223 e. The van der Waals surface area contributed by atoms with Crippen LogP contribution in [-0.2, 0) is 16.1 Å². The molecule has 5 nitrogen and oxygen atoms in total. The van der Waals surface area contributed by atoms with Crippen LogP contribution in [0.4, 0.5) is 0 Å². The van der Waals surface area contributed by atoms with Gasteiger partial charge in [0.2, 0.25) is 5.91 Å². The van der Waals surface area contributed by atoms with Crippen LogP contribution in [0.1, 0.15) is 44.1 Å². The number of hydrogen-bond donors (Lipinski definition) is 1. The van der Waals surface area contributed by atoms with Crippen molar-refractivity contribution in [2.24, 2.45) is 5.92 Å². The number of ether oxygens (including phenoxy) is 2. The molecule has 1 aliphatic carbocycles. The molecule has 5 heteroatoms. The zero-order chi connectivity index (χ0) is 21.0. The van der Waals surface area contributed by atoms with Crippen molar-refractivity contribution >= 4 is 5.91 Å². The molecule has 0 radical (unpaired) electrons. The Balaban J connectivity index is 1.05. The summed E-state index contributed by atoms with van der Waals surface area (Å²) in [6.07, 6.45) is 7.13. The second-order valence-electron chi connectivity index (χ2n) is 9.16. The fourth-order valence-electron chi connectivity index (χ4n) is 5.16. The summed E-state index contributed by atoms with van der Waals surface area (Å²) in [6, 6.07) is 18.7. The van der Waals surface area contributed by atoms with E-state index < -0.39 is 0 Å². The van der Waals surface area contributed by atoms with Crippen molar-refractivity contribution < 1.29 is 14.3 Å². The predicted octanol–water partition coefficient (Wildman–Crippen LogP) is 4.52. The van der Waals surface area contributed by atoms with Gasteiger partial charge in [0.1, 0.15) is 11.5 Å². The summed E-state index contributed by atoms with van der Waals surface area (Å²) in [5.74, 6) is 2.19. The Kier molecular flexibility index (Phi) is 6.23. The van der Waals surface area contributed by atoms with Crippen molar-refractivity contribution in [2.45, 2.75) is 63.3 Å². The number of amides is 1. The van der Waals surface area contributed by atoms with E-state index in [0.717, 1.165) is 50.3 Å². The number of nitrogens with zero attached hydrogens (tertiary/aromatic N) is 1. The second-order valence-corrected chi connectivity index (χ2v) is 9.16. The molecule has 3 fully saturated rings. The summed E-state index contributed by atoms with van der Waals surface area (Å²) >= 11 is 0. The Morgan fingerprint density at radius 3 is 2.45 bits per heavy atom. The van der Waals surface area contributed by atoms with Crippen LogP contribution in [0.25, 0.3) is 0 Å². The number of para-hydroxylation sites is 1. The van der Waals surface area contributed by atoms with E-state index in [0.29, 0.717) is 18.7 Å². The molecule has 164 valence electrons. The van der Waals surface area contributed by atoms with Gasteiger partial charge in [0.05, 0.1) is 12.2 Å². The lowest BCUT2D eigenvalue weighted by atomic mass is 9.89. The van der Waals surface area contributed by atoms with Crippen LogP contribution in [0, 0.1) is 5.92 Å². The summed E-state index contributed by atoms with van der Waals surface area (Å²) in [7, 11) is 0. The zero-order valence-corrected chi connectivity index (χ0v) is 18.0. The van der Waals surface area contributed by atoms with Crippen LogP contribution in [0.3, 0.4) is 0 Å². The third-order valence-electron chi connectivity index (χ3n) is 6.98. The summed E-state index contributed by atoms with van der Waals surface area (Å²) in [5.41, 5.74) is 1.30. The van der Waals surface area contributed by atoms with E-state index in [2.05, 4.69) is 22.3 Å². The number of hydrogen-bond acceptors (Lipinski definition) is 4. The minimum Gasteiger partial charge on any atom is -0.457 e. The molecule has 2 aromatic carbocycles. The van der Waals surface area contributed by atoms with E-state index in [1.165, 1.54) is 18.4 Å². The van der Waals surface area contributed by atoms with Gasteiger partial charge in [0.15, 0.2) is 0 Å². The first-order valence-corrected chi connectivity index (χ1v) is 11.7. The van der Waals surface area contributed by atoms with Crippen LogP contribution in [0.2, 0.25) is 0 Å². The third kappa shape index (κ3) is 4.94. The molecule has 31 heavy (non-hydrogen) atoms. The Hall–Kier alpha value is -2.37. The summed E-state index contributed by atoms with van der Waals surface area (Å²) in [4.78, 5) is 14.8. The molecule has 0 spiro atoms. The molecule has 5 rings (SSSR count). The molecular formula is C26H32N2O3. The molecular weight excluding hydrogens is 388 g/mol. The Morgan fingerprint density at radius 2 is 1.71 bits per heavy atom. The van der Waals surface area contributed by atoms with E-state index in [1.54, 1.807) is 0 Å². The Labute approximate surface area is 184 Å². The van der Waals surface area contributed by atoms with Crippen molar-refractivity contribution in [3.05, 3.63) is 60.2 Å². The van der Waals surface area contributed by atoms with Gasteiger partial charge >= 0.3 is 0 Å². The highest BCUT2D eigenvalue weighted by Gasteiger charge is 2.43. The molecule has 0 aromatic heterocycles. The van der Waals surface area contributed by atoms with Crippen molar-refractivity contribution in [3.8, 4) is 11.5 Å². The van der Waals surface area contributed by atoms with E-state index in [1.807, 2.05) is 42.5 Å². The average Bonchev–Trinajstić information content (AvgIpc) is 3.33. The summed E-state index contributed by atoms with van der Waals surface area (Å²) in [5, 5.41) is 3.14. The van der Waals surface area contributed by atoms with Crippen LogP contribution in [0.15, 0.2) is 54.6 Å². The molecule has 2 aliphatic heterocycles. The first-order valence-electron chi connectivity index (χ1n) is 11.7. The van der Waals surface area contributed by atoms with Crippen molar-refractivity contribution in [1.29, 1.82) is 0 Å². The topological polar surface area (TPSA) is 50.8 Å². The van der Waals surface area contributed by atoms with Crippen LogP contribution < -0.4 is 10.1 Å². The fourth-order valence-corrected chi connectivity index (χ4v) is 5.16. The highest BCUT2D eigenvalue weighted by atomic mass is 16.5. The van der Waals surface area contributed by atoms with Gasteiger partial charge in [-0.3, -0.25) is 9.69 Å². The molecule has 1 saturated carbocycles. The molecule has 3 atom stereocenters. The lowest BCUT2D eigenvalue weighted by Gasteiger charge is -2.52. The van der Waals surface area contributed by atoms with Gasteiger partial charge in [-0.1, -0.05) is 43.2 Å². The molecule has 2 saturated heterocycles. The number of benzene rings is 2. The van der Waals surface area contributed by atoms with Gasteiger partial charge in [-0.25, -0.2) is 0 Å². The second kappa shape index (κ2) is 9.41. The average molecular weight is 421 g/mol. The third-order valence-corrected chi connectivity index (χ3v) is 6.98. The van der Waals surface area contributed by atoms with Gasteiger partial charge in [-0.2, -0.15) is 0 Å². The summed E-state index contributed by atoms with van der Waals surface area (Å²) < 4.78 is 12.2. The minimum absolute atomic E-state index is 0.170. The minimum atomic E-state index is 0.170. The number of likely N-dealkylation sites (tertiary alicyclic amines) is 1. The number of carbonyl (C=O) groups excluding carboxylic acids is 1. The smallest absolute Gasteiger partial charge is 0.223 e. The van der Waals surface area contributed by atoms with Gasteiger partial charge in [0.25, 0.3) is 0 Å². The lowest BCUT2D eigenvalue weighted by molar-refractivity contribution is -0.169. The molecule has 1 N–H and O–H groups in total. The Morgan fingerprint density at radius 1 is 0.968 bits per heavy atom. The van der Waals surface area contributed by atoms with Gasteiger partial charge in [-0.15, -0.1) is 0 Å². The van der Waals surface area contributed by atoms with Crippen LogP contribution >= 0.6 is 0 Å². The largest absolute Gasteiger partial charge is 0.457 e. The highest BCUT2D eigenvalue weighted by molar-refractivity contribution is 5.78. The lowest BCUT2D eigenvalue weighted by Crippen LogP contribution is -2.64. The van der Waals surface area contributed by atoms with Gasteiger partial charge in [-0.05, 0) is 55.5 Å². The number of rotatable bonds is 7. The first kappa shape index (κ1) is 20.5. The van der Waals surface area contributed by atoms with Crippen LogP contribution in [-0.4, -0.2) is 42.1 Å². The van der Waals surface area contributed by atoms with Gasteiger partial charge < -0.3 is 14.8 Å². The number of fused-ring (bicyclic) bond motifs is 1. The predicted molar refractivity (Wildman–Crippen MR) is 120 cm³/mol. The van der Waals surface area contributed by atoms with Crippen molar-refractivity contribution in [2.75, 3.05) is 13.1 Å². The maximum absolute atomic E-state index is 12.2. The monoisotopic (exact) mass is 420 g/mol. The van der Waals surface area contributed by atoms with Crippen molar-refractivity contribution in [3.63, 3.8) is 0 Å². The quantitative estimate of drug-likeness (QED) is 0.716. The van der Waals surface area contributed by atoms with E-state index in [4.69, 9.17) is 9.47 Å². The van der Waals surface area contributed by atoms with E-state index in [-0.39, 0.29) is 17.9 Å². The van der Waals surface area contributed by atoms with Gasteiger partial charge in [0, 0.05) is 31.6 Å². The van der Waals surface area contributed by atoms with Crippen molar-refractivity contribution in [1.82, 2.24) is 10.2 Å². The first-order chi connectivity index (χ1) is 15.2. The molecule has 2 aromatic rings. The molecule has 0 bridgehead atoms. The highest BCUT2D eigenvalue weighted by Crippen LogP contribution is 2.34. The fraction of sp³-hybridized carbons (Fsp3) is 0.500. The Bertz CT molecular complexity index is 864. The maximum atomic E-state index is 12.2. The molecule has 1 amide bonds. The standard InChI is InChI=1S/C26H32N2O3/c29-26(20-6-4-5-7-20)27-16-23-14-15-24-25(31-23)18-28(24)17-19-10-12-22(13-11-19)30-21-8-2-1-3-9-21/h1-3,8-13,20,23-25H,4-7,14-18H2,(H,27,29)/t23-,24-,25-/m1/s1. The number of nitrogens with one attached hydrogen (secondary N) is 1. The van der Waals surface area contributed by atoms with Crippen LogP contribution in [0.5, 0.6) is 11.5 Å².